The highest BCUT2D eigenvalue weighted by atomic mass is 16.1. The Morgan fingerprint density at radius 3 is 2.50 bits per heavy atom. The normalized spacial score (nSPS) is 16.1. The average molecular weight is 194 g/mol. The van der Waals surface area contributed by atoms with E-state index in [0.29, 0.717) is 5.92 Å². The van der Waals surface area contributed by atoms with Crippen molar-refractivity contribution in [1.29, 1.82) is 0 Å². The molecule has 0 N–H and O–H groups in total. The van der Waals surface area contributed by atoms with Crippen LogP contribution in [0, 0.1) is 11.8 Å². The number of carbonyl (C=O) groups excluding carboxylic acids is 1. The maximum Gasteiger partial charge on any atom is 0.123 e. The van der Waals surface area contributed by atoms with E-state index in [9.17, 15) is 4.79 Å². The van der Waals surface area contributed by atoms with E-state index in [4.69, 9.17) is 0 Å². The van der Waals surface area contributed by atoms with E-state index >= 15 is 0 Å². The zero-order valence-electron chi connectivity index (χ0n) is 9.62. The van der Waals surface area contributed by atoms with E-state index in [-0.39, 0.29) is 5.92 Å². The highest BCUT2D eigenvalue weighted by molar-refractivity contribution is 5.53. The van der Waals surface area contributed by atoms with Gasteiger partial charge < -0.3 is 4.79 Å². The highest BCUT2D eigenvalue weighted by Crippen LogP contribution is 2.12. The summed E-state index contributed by atoms with van der Waals surface area (Å²) < 4.78 is 0. The SMILES string of the molecule is C=CC(C)CCC=C(C)CC(C)C=O. The van der Waals surface area contributed by atoms with Crippen LogP contribution in [0.3, 0.4) is 0 Å². The van der Waals surface area contributed by atoms with Gasteiger partial charge in [-0.25, -0.2) is 0 Å². The second kappa shape index (κ2) is 7.54. The molecule has 0 bridgehead atoms. The molecule has 0 amide bonds. The van der Waals surface area contributed by atoms with Crippen LogP contribution in [0.5, 0.6) is 0 Å². The molecule has 0 aromatic rings. The zero-order valence-corrected chi connectivity index (χ0v) is 9.62. The summed E-state index contributed by atoms with van der Waals surface area (Å²) in [6.07, 6.45) is 8.37. The minimum Gasteiger partial charge on any atom is -0.303 e. The van der Waals surface area contributed by atoms with Crippen LogP contribution in [0.25, 0.3) is 0 Å². The maximum atomic E-state index is 10.4. The lowest BCUT2D eigenvalue weighted by Crippen LogP contribution is -1.96. The van der Waals surface area contributed by atoms with Gasteiger partial charge in [0.2, 0.25) is 0 Å². The lowest BCUT2D eigenvalue weighted by molar-refractivity contribution is -0.110. The van der Waals surface area contributed by atoms with Gasteiger partial charge in [0.25, 0.3) is 0 Å². The van der Waals surface area contributed by atoms with Gasteiger partial charge in [-0.3, -0.25) is 0 Å². The Morgan fingerprint density at radius 2 is 2.00 bits per heavy atom. The third kappa shape index (κ3) is 6.64. The summed E-state index contributed by atoms with van der Waals surface area (Å²) in [5.41, 5.74) is 1.32. The van der Waals surface area contributed by atoms with Crippen LogP contribution < -0.4 is 0 Å². The van der Waals surface area contributed by atoms with Crippen molar-refractivity contribution in [3.63, 3.8) is 0 Å². The van der Waals surface area contributed by atoms with E-state index in [1.54, 1.807) is 0 Å². The molecule has 0 aromatic heterocycles. The molecule has 80 valence electrons. The summed E-state index contributed by atoms with van der Waals surface area (Å²) in [6, 6.07) is 0. The monoisotopic (exact) mass is 194 g/mol. The van der Waals surface area contributed by atoms with Crippen molar-refractivity contribution in [3.8, 4) is 0 Å². The van der Waals surface area contributed by atoms with Gasteiger partial charge in [0.1, 0.15) is 6.29 Å². The first kappa shape index (κ1) is 13.2. The summed E-state index contributed by atoms with van der Waals surface area (Å²) in [4.78, 5) is 10.4. The van der Waals surface area contributed by atoms with E-state index in [1.807, 2.05) is 13.0 Å². The molecule has 0 aliphatic heterocycles. The molecular weight excluding hydrogens is 172 g/mol. The largest absolute Gasteiger partial charge is 0.303 e. The summed E-state index contributed by atoms with van der Waals surface area (Å²) in [5, 5.41) is 0. The molecular formula is C13H22O. The number of carbonyl (C=O) groups is 1. The average Bonchev–Trinajstić information content (AvgIpc) is 2.17. The summed E-state index contributed by atoms with van der Waals surface area (Å²) in [5.74, 6) is 0.741. The second-order valence-electron chi connectivity index (χ2n) is 4.16. The third-order valence-electron chi connectivity index (χ3n) is 2.39. The van der Waals surface area contributed by atoms with Crippen LogP contribution in [-0.4, -0.2) is 6.29 Å². The lowest BCUT2D eigenvalue weighted by atomic mass is 10.0. The first-order chi connectivity index (χ1) is 6.60. The molecule has 0 heterocycles. The molecule has 0 rings (SSSR count). The van der Waals surface area contributed by atoms with E-state index in [2.05, 4.69) is 26.5 Å². The lowest BCUT2D eigenvalue weighted by Gasteiger charge is -2.05. The molecule has 0 saturated carbocycles. The van der Waals surface area contributed by atoms with Gasteiger partial charge in [0.05, 0.1) is 0 Å². The molecule has 0 radical (unpaired) electrons. The summed E-state index contributed by atoms with van der Waals surface area (Å²) in [7, 11) is 0. The Hall–Kier alpha value is -0.850. The molecule has 1 heteroatoms. The van der Waals surface area contributed by atoms with Crippen LogP contribution >= 0.6 is 0 Å². The fourth-order valence-corrected chi connectivity index (χ4v) is 1.35. The quantitative estimate of drug-likeness (QED) is 0.445. The minimum absolute atomic E-state index is 0.156. The smallest absolute Gasteiger partial charge is 0.123 e. The number of rotatable bonds is 7. The molecule has 2 atom stereocenters. The van der Waals surface area contributed by atoms with Gasteiger partial charge in [-0.15, -0.1) is 6.58 Å². The van der Waals surface area contributed by atoms with Gasteiger partial charge in [0, 0.05) is 5.92 Å². The standard InChI is InChI=1S/C13H22O/c1-5-11(2)7-6-8-12(3)9-13(4)10-14/h5,8,10-11,13H,1,6-7,9H2,2-4H3. The van der Waals surface area contributed by atoms with Crippen molar-refractivity contribution in [2.75, 3.05) is 0 Å². The third-order valence-corrected chi connectivity index (χ3v) is 2.39. The van der Waals surface area contributed by atoms with Crippen LogP contribution in [0.2, 0.25) is 0 Å². The highest BCUT2D eigenvalue weighted by Gasteiger charge is 2.00. The zero-order chi connectivity index (χ0) is 11.0. The fraction of sp³-hybridized carbons (Fsp3) is 0.615. The van der Waals surface area contributed by atoms with Crippen molar-refractivity contribution in [2.45, 2.75) is 40.0 Å². The Labute approximate surface area is 87.9 Å². The van der Waals surface area contributed by atoms with Gasteiger partial charge in [-0.1, -0.05) is 31.6 Å². The van der Waals surface area contributed by atoms with Crippen molar-refractivity contribution in [1.82, 2.24) is 0 Å². The molecule has 2 unspecified atom stereocenters. The molecule has 0 fully saturated rings. The van der Waals surface area contributed by atoms with Crippen LogP contribution in [0.4, 0.5) is 0 Å². The predicted octanol–water partition coefficient (Wildman–Crippen LogP) is 3.76. The molecule has 0 aromatic carbocycles. The van der Waals surface area contributed by atoms with Gasteiger partial charge >= 0.3 is 0 Å². The minimum atomic E-state index is 0.156. The van der Waals surface area contributed by atoms with Crippen molar-refractivity contribution in [3.05, 3.63) is 24.3 Å². The first-order valence-corrected chi connectivity index (χ1v) is 5.33. The molecule has 0 saturated heterocycles. The number of hydrogen-bond donors (Lipinski definition) is 0. The van der Waals surface area contributed by atoms with E-state index in [1.165, 1.54) is 5.57 Å². The Kier molecular flexibility index (Phi) is 7.09. The summed E-state index contributed by atoms with van der Waals surface area (Å²) in [6.45, 7) is 9.97. The second-order valence-corrected chi connectivity index (χ2v) is 4.16. The molecule has 1 nitrogen and oxygen atoms in total. The fourth-order valence-electron chi connectivity index (χ4n) is 1.35. The first-order valence-electron chi connectivity index (χ1n) is 5.33. The molecule has 0 spiro atoms. The number of hydrogen-bond acceptors (Lipinski definition) is 1. The van der Waals surface area contributed by atoms with Crippen molar-refractivity contribution >= 4 is 6.29 Å². The summed E-state index contributed by atoms with van der Waals surface area (Å²) >= 11 is 0. The van der Waals surface area contributed by atoms with Crippen LogP contribution in [0.15, 0.2) is 24.3 Å². The van der Waals surface area contributed by atoms with Gasteiger partial charge in [-0.2, -0.15) is 0 Å². The van der Waals surface area contributed by atoms with Gasteiger partial charge in [0.15, 0.2) is 0 Å². The van der Waals surface area contributed by atoms with Crippen molar-refractivity contribution < 1.29 is 4.79 Å². The Bertz CT molecular complexity index is 203. The topological polar surface area (TPSA) is 17.1 Å². The Morgan fingerprint density at radius 1 is 1.36 bits per heavy atom. The van der Waals surface area contributed by atoms with Crippen LogP contribution in [0.1, 0.15) is 40.0 Å². The van der Waals surface area contributed by atoms with Gasteiger partial charge in [-0.05, 0) is 32.1 Å². The number of aldehydes is 1. The molecule has 14 heavy (non-hydrogen) atoms. The maximum absolute atomic E-state index is 10.4. The molecule has 0 aliphatic rings. The Balaban J connectivity index is 3.76. The van der Waals surface area contributed by atoms with Crippen LogP contribution in [-0.2, 0) is 4.79 Å². The van der Waals surface area contributed by atoms with Crippen molar-refractivity contribution in [2.24, 2.45) is 11.8 Å². The van der Waals surface area contributed by atoms with E-state index < -0.39 is 0 Å². The molecule has 0 aliphatic carbocycles. The van der Waals surface area contributed by atoms with E-state index in [0.717, 1.165) is 25.5 Å². The number of allylic oxidation sites excluding steroid dienone is 3. The predicted molar refractivity (Wildman–Crippen MR) is 62.2 cm³/mol.